The molecule has 1 aromatic carbocycles. The number of fused-ring (bicyclic) bond motifs is 1. The Bertz CT molecular complexity index is 748. The van der Waals surface area contributed by atoms with E-state index in [0.717, 1.165) is 31.5 Å². The van der Waals surface area contributed by atoms with Crippen molar-refractivity contribution >= 4 is 6.03 Å². The zero-order valence-corrected chi connectivity index (χ0v) is 18.2. The minimum Gasteiger partial charge on any atom is -0.395 e. The van der Waals surface area contributed by atoms with Gasteiger partial charge in [0.05, 0.1) is 6.61 Å². The van der Waals surface area contributed by atoms with Gasteiger partial charge in [0.2, 0.25) is 0 Å². The van der Waals surface area contributed by atoms with Crippen molar-refractivity contribution < 1.29 is 9.90 Å². The molecule has 2 aliphatic heterocycles. The maximum atomic E-state index is 12.6. The van der Waals surface area contributed by atoms with Crippen LogP contribution in [0.15, 0.2) is 24.3 Å². The van der Waals surface area contributed by atoms with Gasteiger partial charge in [0.1, 0.15) is 0 Å². The highest BCUT2D eigenvalue weighted by Gasteiger charge is 2.49. The molecule has 0 saturated carbocycles. The lowest BCUT2D eigenvalue weighted by atomic mass is 9.74. The molecule has 5 nitrogen and oxygen atoms in total. The molecule has 1 aromatic rings. The van der Waals surface area contributed by atoms with Gasteiger partial charge in [0.25, 0.3) is 0 Å². The monoisotopic (exact) mass is 397 g/mol. The first-order valence-corrected chi connectivity index (χ1v) is 10.9. The molecule has 0 spiro atoms. The molecule has 2 aliphatic rings. The lowest BCUT2D eigenvalue weighted by Crippen LogP contribution is -2.68. The van der Waals surface area contributed by atoms with Crippen LogP contribution >= 0.6 is 0 Å². The van der Waals surface area contributed by atoms with Crippen molar-refractivity contribution in [3.8, 4) is 11.8 Å². The smallest absolute Gasteiger partial charge is 0.317 e. The minimum atomic E-state index is 0.0207. The normalized spacial score (nSPS) is 24.8. The van der Waals surface area contributed by atoms with Gasteiger partial charge in [-0.05, 0) is 50.9 Å². The summed E-state index contributed by atoms with van der Waals surface area (Å²) >= 11 is 0. The van der Waals surface area contributed by atoms with E-state index in [-0.39, 0.29) is 36.7 Å². The Balaban J connectivity index is 1.78. The van der Waals surface area contributed by atoms with Crippen molar-refractivity contribution in [1.82, 2.24) is 15.1 Å². The Labute approximate surface area is 175 Å². The number of hydrogen-bond acceptors (Lipinski definition) is 3. The van der Waals surface area contributed by atoms with Crippen LogP contribution in [-0.4, -0.2) is 65.3 Å². The summed E-state index contributed by atoms with van der Waals surface area (Å²) in [5.41, 5.74) is 2.25. The summed E-state index contributed by atoms with van der Waals surface area (Å²) in [6, 6.07) is 8.97. The van der Waals surface area contributed by atoms with E-state index in [0.29, 0.717) is 12.5 Å². The first kappa shape index (κ1) is 21.7. The second kappa shape index (κ2) is 9.65. The van der Waals surface area contributed by atoms with Crippen LogP contribution < -0.4 is 5.32 Å². The number of aliphatic hydroxyl groups excluding tert-OH is 1. The molecular weight excluding hydrogens is 362 g/mol. The molecule has 0 bridgehead atoms. The number of urea groups is 1. The molecule has 0 radical (unpaired) electrons. The Morgan fingerprint density at radius 2 is 1.86 bits per heavy atom. The van der Waals surface area contributed by atoms with Gasteiger partial charge >= 0.3 is 6.03 Å². The van der Waals surface area contributed by atoms with Gasteiger partial charge in [0.15, 0.2) is 0 Å². The fourth-order valence-electron chi connectivity index (χ4n) is 4.48. The molecule has 2 N–H and O–H groups in total. The molecule has 158 valence electrons. The van der Waals surface area contributed by atoms with Crippen molar-refractivity contribution in [2.75, 3.05) is 26.2 Å². The van der Waals surface area contributed by atoms with Crippen LogP contribution in [0.3, 0.4) is 0 Å². The highest BCUT2D eigenvalue weighted by molar-refractivity contribution is 5.74. The molecule has 0 aromatic heterocycles. The van der Waals surface area contributed by atoms with Crippen LogP contribution in [0.1, 0.15) is 57.6 Å². The number of aliphatic hydroxyl groups is 1. The first-order chi connectivity index (χ1) is 13.9. The SMILES string of the molecule is CC(C)C#Cc1ccc([C@@H]2[C@H]3CN(C(=O)NC(C)C)CCCCN3[C@H]2CO)cc1. The topological polar surface area (TPSA) is 55.8 Å². The van der Waals surface area contributed by atoms with Crippen molar-refractivity contribution in [3.63, 3.8) is 0 Å². The number of nitrogens with zero attached hydrogens (tertiary/aromatic N) is 2. The van der Waals surface area contributed by atoms with E-state index < -0.39 is 0 Å². The Hall–Kier alpha value is -2.03. The van der Waals surface area contributed by atoms with E-state index in [4.69, 9.17) is 0 Å². The molecule has 2 amide bonds. The lowest BCUT2D eigenvalue weighted by molar-refractivity contribution is -0.0591. The largest absolute Gasteiger partial charge is 0.395 e. The summed E-state index contributed by atoms with van der Waals surface area (Å²) in [6.07, 6.45) is 2.05. The highest BCUT2D eigenvalue weighted by Crippen LogP contribution is 2.41. The van der Waals surface area contributed by atoms with Crippen LogP contribution in [0.4, 0.5) is 4.79 Å². The van der Waals surface area contributed by atoms with E-state index in [2.05, 4.69) is 60.2 Å². The Morgan fingerprint density at radius 1 is 1.17 bits per heavy atom. The maximum absolute atomic E-state index is 12.6. The van der Waals surface area contributed by atoms with Gasteiger partial charge < -0.3 is 15.3 Å². The molecule has 5 heteroatoms. The van der Waals surface area contributed by atoms with Crippen LogP contribution in [-0.2, 0) is 0 Å². The Kier molecular flexibility index (Phi) is 7.21. The average molecular weight is 398 g/mol. The Morgan fingerprint density at radius 3 is 2.48 bits per heavy atom. The molecule has 29 heavy (non-hydrogen) atoms. The number of carbonyl (C=O) groups is 1. The fourth-order valence-corrected chi connectivity index (χ4v) is 4.48. The maximum Gasteiger partial charge on any atom is 0.317 e. The van der Waals surface area contributed by atoms with E-state index >= 15 is 0 Å². The third-order valence-electron chi connectivity index (χ3n) is 5.87. The molecule has 2 saturated heterocycles. The molecule has 3 rings (SSSR count). The average Bonchev–Trinajstić information content (AvgIpc) is 2.65. The first-order valence-electron chi connectivity index (χ1n) is 10.9. The zero-order chi connectivity index (χ0) is 21.0. The standard InChI is InChI=1S/C24H35N3O2/c1-17(2)7-8-19-9-11-20(12-10-19)23-21-15-26(24(29)25-18(3)4)13-5-6-14-27(21)22(23)16-28/h9-12,17-18,21-23,28H,5-6,13-16H2,1-4H3,(H,25,29)/t21-,22+,23-/m1/s1. The highest BCUT2D eigenvalue weighted by atomic mass is 16.3. The van der Waals surface area contributed by atoms with Crippen molar-refractivity contribution in [1.29, 1.82) is 0 Å². The van der Waals surface area contributed by atoms with Gasteiger partial charge in [-0.2, -0.15) is 0 Å². The van der Waals surface area contributed by atoms with E-state index in [1.165, 1.54) is 5.56 Å². The van der Waals surface area contributed by atoms with Gasteiger partial charge in [0, 0.05) is 48.6 Å². The molecule has 2 fully saturated rings. The van der Waals surface area contributed by atoms with E-state index in [1.807, 2.05) is 18.7 Å². The van der Waals surface area contributed by atoms with Crippen molar-refractivity contribution in [2.24, 2.45) is 5.92 Å². The van der Waals surface area contributed by atoms with E-state index in [1.54, 1.807) is 0 Å². The summed E-state index contributed by atoms with van der Waals surface area (Å²) < 4.78 is 0. The molecule has 2 heterocycles. The predicted octanol–water partition coefficient (Wildman–Crippen LogP) is 3.04. The zero-order valence-electron chi connectivity index (χ0n) is 18.2. The van der Waals surface area contributed by atoms with Crippen molar-refractivity contribution in [2.45, 2.75) is 64.6 Å². The van der Waals surface area contributed by atoms with E-state index in [9.17, 15) is 9.90 Å². The molecule has 0 unspecified atom stereocenters. The second-order valence-electron chi connectivity index (χ2n) is 8.88. The molecule has 3 atom stereocenters. The fraction of sp³-hybridized carbons (Fsp3) is 0.625. The molecule has 0 aliphatic carbocycles. The van der Waals surface area contributed by atoms with Crippen LogP contribution in [0.2, 0.25) is 0 Å². The summed E-state index contributed by atoms with van der Waals surface area (Å²) in [7, 11) is 0. The van der Waals surface area contributed by atoms with Crippen molar-refractivity contribution in [3.05, 3.63) is 35.4 Å². The third kappa shape index (κ3) is 5.12. The lowest BCUT2D eigenvalue weighted by Gasteiger charge is -2.57. The predicted molar refractivity (Wildman–Crippen MR) is 117 cm³/mol. The van der Waals surface area contributed by atoms with Crippen LogP contribution in [0.25, 0.3) is 0 Å². The number of carbonyl (C=O) groups excluding carboxylic acids is 1. The number of hydrogen-bond donors (Lipinski definition) is 2. The second-order valence-corrected chi connectivity index (χ2v) is 8.88. The number of amides is 2. The minimum absolute atomic E-state index is 0.0207. The van der Waals surface area contributed by atoms with Gasteiger partial charge in [-0.1, -0.05) is 37.8 Å². The van der Waals surface area contributed by atoms with Gasteiger partial charge in [-0.15, -0.1) is 0 Å². The number of benzene rings is 1. The summed E-state index contributed by atoms with van der Waals surface area (Å²) in [5, 5.41) is 13.1. The summed E-state index contributed by atoms with van der Waals surface area (Å²) in [4.78, 5) is 17.0. The number of rotatable bonds is 3. The van der Waals surface area contributed by atoms with Gasteiger partial charge in [-0.3, -0.25) is 4.90 Å². The molecular formula is C24H35N3O2. The third-order valence-corrected chi connectivity index (χ3v) is 5.87. The number of nitrogens with one attached hydrogen (secondary N) is 1. The quantitative estimate of drug-likeness (QED) is 0.771. The van der Waals surface area contributed by atoms with Crippen LogP contribution in [0.5, 0.6) is 0 Å². The van der Waals surface area contributed by atoms with Crippen LogP contribution in [0, 0.1) is 17.8 Å². The summed E-state index contributed by atoms with van der Waals surface area (Å²) in [5.74, 6) is 7.01. The summed E-state index contributed by atoms with van der Waals surface area (Å²) in [6.45, 7) is 10.8. The van der Waals surface area contributed by atoms with Gasteiger partial charge in [-0.25, -0.2) is 4.79 Å².